The van der Waals surface area contributed by atoms with Crippen LogP contribution < -0.4 is 0 Å². The first-order chi connectivity index (χ1) is 5.54. The van der Waals surface area contributed by atoms with Crippen molar-refractivity contribution in [3.05, 3.63) is 29.6 Å². The third-order valence-corrected chi connectivity index (χ3v) is 1.93. The highest BCUT2D eigenvalue weighted by Gasteiger charge is 2.23. The maximum atomic E-state index is 5.59. The fraction of sp³-hybridized carbons (Fsp3) is 0.286. The van der Waals surface area contributed by atoms with Gasteiger partial charge in [0, 0.05) is 6.20 Å². The summed E-state index contributed by atoms with van der Waals surface area (Å²) in [6.07, 6.45) is 2.03. The van der Waals surface area contributed by atoms with Crippen molar-refractivity contribution in [1.82, 2.24) is 4.98 Å². The Bertz CT molecular complexity index is 254. The minimum atomic E-state index is -1.45. The molecule has 5 heteroatoms. The van der Waals surface area contributed by atoms with Crippen molar-refractivity contribution >= 4 is 42.6 Å². The van der Waals surface area contributed by atoms with E-state index in [4.69, 9.17) is 42.6 Å². The van der Waals surface area contributed by atoms with Crippen molar-refractivity contribution in [3.8, 4) is 0 Å². The molecule has 0 aliphatic heterocycles. The Morgan fingerprint density at radius 1 is 1.33 bits per heavy atom. The third-order valence-electron chi connectivity index (χ3n) is 1.35. The molecule has 0 spiro atoms. The molecule has 1 aromatic heterocycles. The second kappa shape index (κ2) is 3.86. The van der Waals surface area contributed by atoms with Gasteiger partial charge in [0.1, 0.15) is 0 Å². The van der Waals surface area contributed by atoms with Crippen LogP contribution in [-0.4, -0.2) is 12.8 Å². The predicted octanol–water partition coefficient (Wildman–Crippen LogP) is 2.58. The van der Waals surface area contributed by atoms with Crippen molar-refractivity contribution in [2.45, 2.75) is 10.1 Å². The molecule has 1 nitrogen and oxygen atoms in total. The smallest absolute Gasteiger partial charge is 0.232 e. The third kappa shape index (κ3) is 2.54. The molecule has 0 saturated carbocycles. The van der Waals surface area contributed by atoms with Gasteiger partial charge in [-0.05, 0) is 11.6 Å². The molecule has 62 valence electrons. The predicted molar refractivity (Wildman–Crippen MR) is 52.9 cm³/mol. The first kappa shape index (κ1) is 10.2. The zero-order valence-corrected chi connectivity index (χ0v) is 8.37. The van der Waals surface area contributed by atoms with Gasteiger partial charge in [0.2, 0.25) is 3.79 Å². The average molecular weight is 220 g/mol. The number of halogens is 3. The van der Waals surface area contributed by atoms with E-state index in [9.17, 15) is 0 Å². The summed E-state index contributed by atoms with van der Waals surface area (Å²) in [7, 11) is 5.37. The summed E-state index contributed by atoms with van der Waals surface area (Å²) in [6, 6.07) is 3.43. The summed E-state index contributed by atoms with van der Waals surface area (Å²) >= 11 is 16.8. The lowest BCUT2D eigenvalue weighted by Crippen LogP contribution is -2.03. The summed E-state index contributed by atoms with van der Waals surface area (Å²) in [5.41, 5.74) is 1.32. The van der Waals surface area contributed by atoms with Crippen LogP contribution in [0.4, 0.5) is 0 Å². The van der Waals surface area contributed by atoms with E-state index >= 15 is 0 Å². The van der Waals surface area contributed by atoms with Gasteiger partial charge in [-0.25, -0.2) is 0 Å². The van der Waals surface area contributed by atoms with Crippen molar-refractivity contribution < 1.29 is 0 Å². The number of pyridine rings is 1. The molecule has 0 atom stereocenters. The zero-order chi connectivity index (χ0) is 9.19. The van der Waals surface area contributed by atoms with Crippen LogP contribution in [0.5, 0.6) is 0 Å². The van der Waals surface area contributed by atoms with Crippen LogP contribution in [0.2, 0.25) is 0 Å². The van der Waals surface area contributed by atoms with E-state index in [0.717, 1.165) is 5.56 Å². The van der Waals surface area contributed by atoms with E-state index in [1.165, 1.54) is 0 Å². The molecule has 0 aromatic carbocycles. The Balaban J connectivity index is 2.93. The van der Waals surface area contributed by atoms with Gasteiger partial charge in [-0.2, -0.15) is 0 Å². The Hall–Kier alpha value is 0.0849. The highest BCUT2D eigenvalue weighted by Crippen LogP contribution is 2.36. The highest BCUT2D eigenvalue weighted by atomic mass is 35.6. The van der Waals surface area contributed by atoms with Gasteiger partial charge >= 0.3 is 0 Å². The van der Waals surface area contributed by atoms with Crippen molar-refractivity contribution in [2.24, 2.45) is 0 Å². The lowest BCUT2D eigenvalue weighted by molar-refractivity contribution is 1.07. The fourth-order valence-electron chi connectivity index (χ4n) is 0.713. The lowest BCUT2D eigenvalue weighted by Gasteiger charge is -2.09. The van der Waals surface area contributed by atoms with Crippen LogP contribution in [-0.2, 0) is 10.1 Å². The molecular formula is C7H5BCl3N. The summed E-state index contributed by atoms with van der Waals surface area (Å²) in [5, 5.41) is 0. The van der Waals surface area contributed by atoms with Crippen molar-refractivity contribution in [1.29, 1.82) is 0 Å². The number of aromatic nitrogens is 1. The SMILES string of the molecule is [B]Cc1ccc(C(Cl)(Cl)Cl)nc1. The molecule has 1 aromatic rings. The monoisotopic (exact) mass is 219 g/mol. The van der Waals surface area contributed by atoms with Crippen LogP contribution in [0, 0.1) is 0 Å². The molecule has 0 unspecified atom stereocenters. The second-order valence-electron chi connectivity index (χ2n) is 2.25. The quantitative estimate of drug-likeness (QED) is 0.523. The molecule has 1 heterocycles. The van der Waals surface area contributed by atoms with Crippen LogP contribution in [0.1, 0.15) is 11.3 Å². The van der Waals surface area contributed by atoms with Gasteiger partial charge in [0.25, 0.3) is 0 Å². The first-order valence-corrected chi connectivity index (χ1v) is 4.39. The van der Waals surface area contributed by atoms with E-state index in [2.05, 4.69) is 4.98 Å². The molecule has 0 N–H and O–H groups in total. The molecule has 0 amide bonds. The summed E-state index contributed by atoms with van der Waals surface area (Å²) in [4.78, 5) is 3.94. The van der Waals surface area contributed by atoms with Gasteiger partial charge in [-0.1, -0.05) is 47.2 Å². The van der Waals surface area contributed by atoms with E-state index in [-0.39, 0.29) is 0 Å². The van der Waals surface area contributed by atoms with Crippen LogP contribution in [0.15, 0.2) is 18.3 Å². The maximum Gasteiger partial charge on any atom is 0.232 e. The normalized spacial score (nSPS) is 11.6. The van der Waals surface area contributed by atoms with Crippen LogP contribution >= 0.6 is 34.8 Å². The van der Waals surface area contributed by atoms with E-state index in [1.54, 1.807) is 18.3 Å². The first-order valence-electron chi connectivity index (χ1n) is 3.26. The Labute approximate surface area is 87.4 Å². The molecule has 1 rings (SSSR count). The molecule has 12 heavy (non-hydrogen) atoms. The molecule has 2 radical (unpaired) electrons. The molecular weight excluding hydrogens is 215 g/mol. The van der Waals surface area contributed by atoms with Crippen molar-refractivity contribution in [2.75, 3.05) is 0 Å². The van der Waals surface area contributed by atoms with E-state index in [0.29, 0.717) is 12.0 Å². The number of hydrogen-bond acceptors (Lipinski definition) is 1. The molecule has 0 fully saturated rings. The molecule has 0 saturated heterocycles. The van der Waals surface area contributed by atoms with Gasteiger partial charge in [-0.3, -0.25) is 4.98 Å². The lowest BCUT2D eigenvalue weighted by atomic mass is 9.98. The number of nitrogens with zero attached hydrogens (tertiary/aromatic N) is 1. The van der Waals surface area contributed by atoms with Crippen molar-refractivity contribution in [3.63, 3.8) is 0 Å². The number of alkyl halides is 3. The van der Waals surface area contributed by atoms with Gasteiger partial charge < -0.3 is 0 Å². The minimum Gasteiger partial charge on any atom is -0.257 e. The summed E-state index contributed by atoms with van der Waals surface area (Å²) in [5.74, 6) is 0. The largest absolute Gasteiger partial charge is 0.257 e. The standard InChI is InChI=1S/C7H5BCl3N/c8-3-5-1-2-6(12-4-5)7(9,10)11/h1-2,4H,3H2. The minimum absolute atomic E-state index is 0.407. The summed E-state index contributed by atoms with van der Waals surface area (Å²) < 4.78 is -1.45. The van der Waals surface area contributed by atoms with E-state index < -0.39 is 3.79 Å². The topological polar surface area (TPSA) is 12.9 Å². The Kier molecular flexibility index (Phi) is 3.27. The van der Waals surface area contributed by atoms with Gasteiger partial charge in [0.05, 0.1) is 13.5 Å². The second-order valence-corrected chi connectivity index (χ2v) is 4.53. The zero-order valence-electron chi connectivity index (χ0n) is 6.10. The maximum absolute atomic E-state index is 5.59. The Morgan fingerprint density at radius 3 is 2.33 bits per heavy atom. The van der Waals surface area contributed by atoms with Crippen LogP contribution in [0.3, 0.4) is 0 Å². The molecule has 0 aliphatic carbocycles. The number of rotatable bonds is 1. The fourth-order valence-corrected chi connectivity index (χ4v) is 1.05. The number of hydrogen-bond donors (Lipinski definition) is 0. The molecule has 0 bridgehead atoms. The highest BCUT2D eigenvalue weighted by molar-refractivity contribution is 6.66. The molecule has 0 aliphatic rings. The van der Waals surface area contributed by atoms with Crippen LogP contribution in [0.25, 0.3) is 0 Å². The van der Waals surface area contributed by atoms with E-state index in [1.807, 2.05) is 0 Å². The van der Waals surface area contributed by atoms with Gasteiger partial charge in [0.15, 0.2) is 0 Å². The average Bonchev–Trinajstić information content (AvgIpc) is 2.03. The Morgan fingerprint density at radius 2 is 2.00 bits per heavy atom. The van der Waals surface area contributed by atoms with Gasteiger partial charge in [-0.15, -0.1) is 0 Å². The summed E-state index contributed by atoms with van der Waals surface area (Å²) in [6.45, 7) is 0.